The van der Waals surface area contributed by atoms with Crippen molar-refractivity contribution in [2.24, 2.45) is 0 Å². The molecule has 0 saturated carbocycles. The summed E-state index contributed by atoms with van der Waals surface area (Å²) in [6.45, 7) is 10.4. The van der Waals surface area contributed by atoms with Crippen molar-refractivity contribution >= 4 is 11.3 Å². The fourth-order valence-corrected chi connectivity index (χ4v) is 2.71. The van der Waals surface area contributed by atoms with E-state index in [1.165, 1.54) is 0 Å². The molecule has 16 heavy (non-hydrogen) atoms. The molecular formula is C12H16N2OS. The van der Waals surface area contributed by atoms with Gasteiger partial charge in [0.25, 0.3) is 0 Å². The van der Waals surface area contributed by atoms with Crippen LogP contribution < -0.4 is 0 Å². The van der Waals surface area contributed by atoms with Crippen LogP contribution in [0.25, 0.3) is 10.6 Å². The normalized spacial score (nSPS) is 12.1. The zero-order chi connectivity index (χ0) is 11.9. The Labute approximate surface area is 99.5 Å². The van der Waals surface area contributed by atoms with E-state index in [9.17, 15) is 0 Å². The van der Waals surface area contributed by atoms with Gasteiger partial charge in [0.1, 0.15) is 10.8 Å². The highest BCUT2D eigenvalue weighted by Crippen LogP contribution is 2.32. The molecule has 2 aromatic heterocycles. The van der Waals surface area contributed by atoms with Crippen molar-refractivity contribution in [3.8, 4) is 10.6 Å². The van der Waals surface area contributed by atoms with Gasteiger partial charge in [-0.05, 0) is 13.8 Å². The van der Waals surface area contributed by atoms with Gasteiger partial charge < -0.3 is 4.52 Å². The van der Waals surface area contributed by atoms with Crippen LogP contribution in [0.3, 0.4) is 0 Å². The third kappa shape index (κ3) is 1.89. The first-order chi connectivity index (χ1) is 7.39. The molecule has 0 aliphatic rings. The van der Waals surface area contributed by atoms with Crippen molar-refractivity contribution in [2.75, 3.05) is 0 Å². The van der Waals surface area contributed by atoms with E-state index in [0.29, 0.717) is 0 Å². The number of aromatic nitrogens is 2. The molecule has 0 aliphatic carbocycles. The lowest BCUT2D eigenvalue weighted by Gasteiger charge is -2.14. The third-order valence-electron chi connectivity index (χ3n) is 2.52. The van der Waals surface area contributed by atoms with Gasteiger partial charge in [0.2, 0.25) is 0 Å². The second kappa shape index (κ2) is 3.70. The SMILES string of the molecule is Cc1noc(C)c1-c1nc(C(C)(C)C)cs1. The predicted molar refractivity (Wildman–Crippen MR) is 65.8 cm³/mol. The molecule has 3 nitrogen and oxygen atoms in total. The van der Waals surface area contributed by atoms with Gasteiger partial charge in [0, 0.05) is 10.8 Å². The summed E-state index contributed by atoms with van der Waals surface area (Å²) < 4.78 is 5.16. The topological polar surface area (TPSA) is 38.9 Å². The van der Waals surface area contributed by atoms with E-state index in [-0.39, 0.29) is 5.41 Å². The summed E-state index contributed by atoms with van der Waals surface area (Å²) in [6.07, 6.45) is 0. The largest absolute Gasteiger partial charge is 0.361 e. The Balaban J connectivity index is 2.47. The molecule has 2 rings (SSSR count). The van der Waals surface area contributed by atoms with Crippen LogP contribution in [-0.2, 0) is 5.41 Å². The van der Waals surface area contributed by atoms with Crippen LogP contribution in [0.4, 0.5) is 0 Å². The highest BCUT2D eigenvalue weighted by molar-refractivity contribution is 7.13. The van der Waals surface area contributed by atoms with E-state index in [1.54, 1.807) is 11.3 Å². The molecule has 2 aromatic rings. The summed E-state index contributed by atoms with van der Waals surface area (Å²) in [6, 6.07) is 0. The molecule has 2 heterocycles. The molecule has 0 fully saturated rings. The number of thiazole rings is 1. The van der Waals surface area contributed by atoms with Crippen LogP contribution in [0.2, 0.25) is 0 Å². The van der Waals surface area contributed by atoms with Crippen LogP contribution in [0.1, 0.15) is 37.9 Å². The zero-order valence-electron chi connectivity index (χ0n) is 10.3. The first kappa shape index (κ1) is 11.3. The van der Waals surface area contributed by atoms with Crippen molar-refractivity contribution in [1.82, 2.24) is 10.1 Å². The minimum Gasteiger partial charge on any atom is -0.361 e. The number of aryl methyl sites for hydroxylation is 2. The summed E-state index contributed by atoms with van der Waals surface area (Å²) in [7, 11) is 0. The molecule has 0 aliphatic heterocycles. The Kier molecular flexibility index (Phi) is 2.62. The first-order valence-electron chi connectivity index (χ1n) is 5.29. The Hall–Kier alpha value is -1.16. The molecule has 0 saturated heterocycles. The number of rotatable bonds is 1. The van der Waals surface area contributed by atoms with Gasteiger partial charge in [0.15, 0.2) is 0 Å². The highest BCUT2D eigenvalue weighted by atomic mass is 32.1. The minimum absolute atomic E-state index is 0.0910. The van der Waals surface area contributed by atoms with E-state index in [2.05, 4.69) is 36.3 Å². The Morgan fingerprint density at radius 1 is 1.25 bits per heavy atom. The maximum Gasteiger partial charge on any atom is 0.144 e. The monoisotopic (exact) mass is 236 g/mol. The standard InChI is InChI=1S/C12H16N2OS/c1-7-10(8(2)15-14-7)11-13-9(6-16-11)12(3,4)5/h6H,1-5H3. The average Bonchev–Trinajstić information content (AvgIpc) is 2.72. The molecule has 86 valence electrons. The van der Waals surface area contributed by atoms with Gasteiger partial charge in [0.05, 0.1) is 17.0 Å². The fourth-order valence-electron chi connectivity index (χ4n) is 1.52. The molecule has 0 spiro atoms. The fraction of sp³-hybridized carbons (Fsp3) is 0.500. The van der Waals surface area contributed by atoms with E-state index < -0.39 is 0 Å². The van der Waals surface area contributed by atoms with Gasteiger partial charge in [-0.15, -0.1) is 11.3 Å². The number of hydrogen-bond donors (Lipinski definition) is 0. The maximum absolute atomic E-state index is 5.16. The number of hydrogen-bond acceptors (Lipinski definition) is 4. The van der Waals surface area contributed by atoms with Gasteiger partial charge in [-0.2, -0.15) is 0 Å². The minimum atomic E-state index is 0.0910. The zero-order valence-corrected chi connectivity index (χ0v) is 11.1. The average molecular weight is 236 g/mol. The molecule has 4 heteroatoms. The van der Waals surface area contributed by atoms with E-state index >= 15 is 0 Å². The maximum atomic E-state index is 5.16. The van der Waals surface area contributed by atoms with Crippen molar-refractivity contribution in [2.45, 2.75) is 40.0 Å². The molecule has 0 amide bonds. The van der Waals surface area contributed by atoms with Crippen LogP contribution in [0.15, 0.2) is 9.90 Å². The molecule has 0 atom stereocenters. The van der Waals surface area contributed by atoms with Crippen LogP contribution in [-0.4, -0.2) is 10.1 Å². The summed E-state index contributed by atoms with van der Waals surface area (Å²) in [5, 5.41) is 7.07. The molecule has 0 unspecified atom stereocenters. The molecule has 0 N–H and O–H groups in total. The van der Waals surface area contributed by atoms with Crippen LogP contribution >= 0.6 is 11.3 Å². The van der Waals surface area contributed by atoms with Crippen molar-refractivity contribution in [3.05, 3.63) is 22.5 Å². The van der Waals surface area contributed by atoms with E-state index in [4.69, 9.17) is 4.52 Å². The molecular weight excluding hydrogens is 220 g/mol. The Morgan fingerprint density at radius 3 is 2.38 bits per heavy atom. The summed E-state index contributed by atoms with van der Waals surface area (Å²) in [4.78, 5) is 4.66. The van der Waals surface area contributed by atoms with Gasteiger partial charge in [-0.3, -0.25) is 0 Å². The van der Waals surface area contributed by atoms with Gasteiger partial charge in [-0.25, -0.2) is 4.98 Å². The van der Waals surface area contributed by atoms with E-state index in [0.717, 1.165) is 27.7 Å². The second-order valence-corrected chi connectivity index (χ2v) is 5.85. The Morgan fingerprint density at radius 2 is 1.94 bits per heavy atom. The first-order valence-corrected chi connectivity index (χ1v) is 6.17. The van der Waals surface area contributed by atoms with Crippen molar-refractivity contribution in [3.63, 3.8) is 0 Å². The molecule has 0 bridgehead atoms. The summed E-state index contributed by atoms with van der Waals surface area (Å²) in [5.74, 6) is 0.840. The predicted octanol–water partition coefficient (Wildman–Crippen LogP) is 3.71. The van der Waals surface area contributed by atoms with Crippen molar-refractivity contribution in [1.29, 1.82) is 0 Å². The Bertz CT molecular complexity index is 486. The van der Waals surface area contributed by atoms with E-state index in [1.807, 2.05) is 13.8 Å². The highest BCUT2D eigenvalue weighted by Gasteiger charge is 2.20. The summed E-state index contributed by atoms with van der Waals surface area (Å²) >= 11 is 1.65. The number of nitrogens with zero attached hydrogens (tertiary/aromatic N) is 2. The van der Waals surface area contributed by atoms with Crippen molar-refractivity contribution < 1.29 is 4.52 Å². The molecule has 0 aromatic carbocycles. The smallest absolute Gasteiger partial charge is 0.144 e. The summed E-state index contributed by atoms with van der Waals surface area (Å²) in [5.41, 5.74) is 3.16. The second-order valence-electron chi connectivity index (χ2n) is 4.99. The quantitative estimate of drug-likeness (QED) is 0.757. The van der Waals surface area contributed by atoms with Gasteiger partial charge in [-0.1, -0.05) is 25.9 Å². The third-order valence-corrected chi connectivity index (χ3v) is 3.38. The lowest BCUT2D eigenvalue weighted by molar-refractivity contribution is 0.393. The lowest BCUT2D eigenvalue weighted by Crippen LogP contribution is -2.11. The molecule has 0 radical (unpaired) electrons. The lowest BCUT2D eigenvalue weighted by atomic mass is 9.93. The van der Waals surface area contributed by atoms with Crippen LogP contribution in [0, 0.1) is 13.8 Å². The van der Waals surface area contributed by atoms with Crippen LogP contribution in [0.5, 0.6) is 0 Å². The van der Waals surface area contributed by atoms with Gasteiger partial charge >= 0.3 is 0 Å².